The third-order valence-electron chi connectivity index (χ3n) is 4.23. The molecule has 23 heavy (non-hydrogen) atoms. The van der Waals surface area contributed by atoms with Crippen molar-refractivity contribution < 1.29 is 14.2 Å². The third-order valence-corrected chi connectivity index (χ3v) is 4.23. The van der Waals surface area contributed by atoms with E-state index in [9.17, 15) is 0 Å². The van der Waals surface area contributed by atoms with Gasteiger partial charge in [-0.1, -0.05) is 0 Å². The maximum atomic E-state index is 6.06. The minimum atomic E-state index is 0.0189. The number of aromatic nitrogens is 4. The van der Waals surface area contributed by atoms with E-state index in [-0.39, 0.29) is 18.2 Å². The molecule has 0 aliphatic carbocycles. The van der Waals surface area contributed by atoms with Crippen molar-refractivity contribution in [3.05, 3.63) is 30.7 Å². The van der Waals surface area contributed by atoms with Gasteiger partial charge in [-0.15, -0.1) is 0 Å². The molecule has 0 bridgehead atoms. The molecular weight excluding hydrogens is 298 g/mol. The molecule has 2 atom stereocenters. The number of nitrogens with zero attached hydrogens (tertiary/aromatic N) is 5. The maximum absolute atomic E-state index is 6.06. The van der Waals surface area contributed by atoms with Crippen LogP contribution in [0.5, 0.6) is 5.88 Å². The topological polar surface area (TPSA) is 74.5 Å². The van der Waals surface area contributed by atoms with E-state index in [1.165, 1.54) is 0 Å². The summed E-state index contributed by atoms with van der Waals surface area (Å²) in [6.07, 6.45) is 5.45. The SMILES string of the molecule is COc1ccnc(N2C[C@@H]3OCC(n4cccn4)CO[C@H]3C2)n1. The zero-order valence-corrected chi connectivity index (χ0v) is 12.9. The number of hydrogen-bond acceptors (Lipinski definition) is 7. The zero-order valence-electron chi connectivity index (χ0n) is 12.9. The van der Waals surface area contributed by atoms with E-state index in [1.54, 1.807) is 25.6 Å². The Morgan fingerprint density at radius 3 is 2.61 bits per heavy atom. The number of ether oxygens (including phenoxy) is 3. The van der Waals surface area contributed by atoms with E-state index in [4.69, 9.17) is 14.2 Å². The van der Waals surface area contributed by atoms with Gasteiger partial charge in [-0.3, -0.25) is 4.68 Å². The highest BCUT2D eigenvalue weighted by atomic mass is 16.6. The van der Waals surface area contributed by atoms with E-state index >= 15 is 0 Å². The average molecular weight is 317 g/mol. The van der Waals surface area contributed by atoms with Gasteiger partial charge >= 0.3 is 0 Å². The summed E-state index contributed by atoms with van der Waals surface area (Å²) in [6.45, 7) is 2.61. The van der Waals surface area contributed by atoms with Crippen LogP contribution in [0.4, 0.5) is 5.95 Å². The molecule has 0 radical (unpaired) electrons. The summed E-state index contributed by atoms with van der Waals surface area (Å²) in [4.78, 5) is 10.8. The summed E-state index contributed by atoms with van der Waals surface area (Å²) in [6, 6.07) is 3.77. The molecule has 8 nitrogen and oxygen atoms in total. The van der Waals surface area contributed by atoms with Crippen LogP contribution in [-0.4, -0.2) is 65.4 Å². The summed E-state index contributed by atoms with van der Waals surface area (Å²) in [5.74, 6) is 1.20. The number of fused-ring (bicyclic) bond motifs is 1. The van der Waals surface area contributed by atoms with E-state index in [1.807, 2.05) is 16.9 Å². The number of anilines is 1. The Labute approximate surface area is 134 Å². The van der Waals surface area contributed by atoms with Gasteiger partial charge in [0, 0.05) is 37.7 Å². The monoisotopic (exact) mass is 317 g/mol. The molecule has 0 unspecified atom stereocenters. The molecule has 0 saturated carbocycles. The van der Waals surface area contributed by atoms with Crippen LogP contribution in [0.15, 0.2) is 30.7 Å². The van der Waals surface area contributed by atoms with Gasteiger partial charge in [0.1, 0.15) is 12.2 Å². The van der Waals surface area contributed by atoms with Gasteiger partial charge in [0.05, 0.1) is 26.4 Å². The summed E-state index contributed by atoms with van der Waals surface area (Å²) in [7, 11) is 1.60. The molecule has 0 amide bonds. The van der Waals surface area contributed by atoms with Crippen molar-refractivity contribution in [1.29, 1.82) is 0 Å². The highest BCUT2D eigenvalue weighted by Gasteiger charge is 2.38. The molecule has 0 N–H and O–H groups in total. The van der Waals surface area contributed by atoms with Crippen molar-refractivity contribution in [3.8, 4) is 5.88 Å². The first kappa shape index (κ1) is 14.4. The molecule has 0 spiro atoms. The lowest BCUT2D eigenvalue weighted by molar-refractivity contribution is -0.00461. The Balaban J connectivity index is 1.43. The molecule has 2 fully saturated rings. The van der Waals surface area contributed by atoms with Gasteiger partial charge in [0.15, 0.2) is 0 Å². The molecule has 2 aliphatic rings. The lowest BCUT2D eigenvalue weighted by Crippen LogP contribution is -2.27. The van der Waals surface area contributed by atoms with Crippen molar-refractivity contribution >= 4 is 5.95 Å². The van der Waals surface area contributed by atoms with Crippen LogP contribution >= 0.6 is 0 Å². The quantitative estimate of drug-likeness (QED) is 0.817. The van der Waals surface area contributed by atoms with Crippen molar-refractivity contribution in [1.82, 2.24) is 19.7 Å². The number of hydrogen-bond donors (Lipinski definition) is 0. The van der Waals surface area contributed by atoms with E-state index in [2.05, 4.69) is 20.0 Å². The van der Waals surface area contributed by atoms with Crippen molar-refractivity contribution in [3.63, 3.8) is 0 Å². The van der Waals surface area contributed by atoms with E-state index in [0.29, 0.717) is 38.1 Å². The molecule has 122 valence electrons. The van der Waals surface area contributed by atoms with Crippen molar-refractivity contribution in [2.24, 2.45) is 0 Å². The maximum Gasteiger partial charge on any atom is 0.228 e. The second-order valence-corrected chi connectivity index (χ2v) is 5.69. The van der Waals surface area contributed by atoms with E-state index in [0.717, 1.165) is 0 Å². The van der Waals surface area contributed by atoms with Crippen LogP contribution in [0.1, 0.15) is 6.04 Å². The zero-order chi connectivity index (χ0) is 15.6. The molecule has 2 aromatic rings. The fourth-order valence-electron chi connectivity index (χ4n) is 2.99. The largest absolute Gasteiger partial charge is 0.481 e. The second-order valence-electron chi connectivity index (χ2n) is 5.69. The predicted octanol–water partition coefficient (Wildman–Crippen LogP) is 0.527. The average Bonchev–Trinajstić information content (AvgIpc) is 3.22. The summed E-state index contributed by atoms with van der Waals surface area (Å²) < 4.78 is 19.2. The molecular formula is C15H19N5O3. The normalized spacial score (nSPS) is 25.2. The highest BCUT2D eigenvalue weighted by Crippen LogP contribution is 2.26. The van der Waals surface area contributed by atoms with Crippen LogP contribution < -0.4 is 9.64 Å². The second kappa shape index (κ2) is 6.13. The number of rotatable bonds is 3. The summed E-state index contributed by atoms with van der Waals surface area (Å²) in [5.41, 5.74) is 0. The Bertz CT molecular complexity index is 634. The van der Waals surface area contributed by atoms with Gasteiger partial charge < -0.3 is 19.1 Å². The minimum absolute atomic E-state index is 0.0189. The Hall–Kier alpha value is -2.19. The highest BCUT2D eigenvalue weighted by molar-refractivity contribution is 5.35. The van der Waals surface area contributed by atoms with E-state index < -0.39 is 0 Å². The van der Waals surface area contributed by atoms with Gasteiger partial charge in [0.25, 0.3) is 0 Å². The molecule has 2 saturated heterocycles. The molecule has 4 heterocycles. The van der Waals surface area contributed by atoms with Gasteiger partial charge in [-0.05, 0) is 6.07 Å². The van der Waals surface area contributed by atoms with Crippen LogP contribution in [0.25, 0.3) is 0 Å². The summed E-state index contributed by atoms with van der Waals surface area (Å²) in [5, 5.41) is 4.27. The lowest BCUT2D eigenvalue weighted by Gasteiger charge is -2.18. The molecule has 4 rings (SSSR count). The van der Waals surface area contributed by atoms with Crippen molar-refractivity contribution in [2.45, 2.75) is 18.2 Å². The molecule has 2 aliphatic heterocycles. The Morgan fingerprint density at radius 1 is 1.17 bits per heavy atom. The first-order chi connectivity index (χ1) is 11.3. The summed E-state index contributed by atoms with van der Waals surface area (Å²) >= 11 is 0. The molecule has 8 heteroatoms. The van der Waals surface area contributed by atoms with Gasteiger partial charge in [-0.2, -0.15) is 10.1 Å². The van der Waals surface area contributed by atoms with Crippen LogP contribution in [0.2, 0.25) is 0 Å². The smallest absolute Gasteiger partial charge is 0.228 e. The number of methoxy groups -OCH3 is 1. The fourth-order valence-corrected chi connectivity index (χ4v) is 2.99. The van der Waals surface area contributed by atoms with Gasteiger partial charge in [-0.25, -0.2) is 4.98 Å². The third kappa shape index (κ3) is 2.87. The molecule has 0 aromatic carbocycles. The standard InChI is InChI=1S/C15H19N5O3/c1-21-14-3-5-16-15(18-14)19-7-12-13(8-19)23-10-11(9-22-12)20-6-2-4-17-20/h2-6,11-13H,7-10H2,1H3/t12-,13-/m0/s1. The first-order valence-corrected chi connectivity index (χ1v) is 7.68. The van der Waals surface area contributed by atoms with Crippen molar-refractivity contribution in [2.75, 3.05) is 38.3 Å². The van der Waals surface area contributed by atoms with Gasteiger partial charge in [0.2, 0.25) is 11.8 Å². The Morgan fingerprint density at radius 2 is 1.96 bits per heavy atom. The predicted molar refractivity (Wildman–Crippen MR) is 81.5 cm³/mol. The van der Waals surface area contributed by atoms with Crippen LogP contribution in [-0.2, 0) is 9.47 Å². The van der Waals surface area contributed by atoms with Crippen LogP contribution in [0, 0.1) is 0 Å². The lowest BCUT2D eigenvalue weighted by atomic mass is 10.3. The fraction of sp³-hybridized carbons (Fsp3) is 0.533. The molecule has 2 aromatic heterocycles. The first-order valence-electron chi connectivity index (χ1n) is 7.68. The minimum Gasteiger partial charge on any atom is -0.481 e. The van der Waals surface area contributed by atoms with Crippen LogP contribution in [0.3, 0.4) is 0 Å². The Kier molecular flexibility index (Phi) is 3.84.